The molecule has 0 spiro atoms. The third-order valence-electron chi connectivity index (χ3n) is 2.86. The van der Waals surface area contributed by atoms with Crippen LogP contribution in [0.15, 0.2) is 32.9 Å². The normalized spacial score (nSPS) is 14.2. The quantitative estimate of drug-likeness (QED) is 0.813. The van der Waals surface area contributed by atoms with Crippen LogP contribution in [0.4, 0.5) is 4.39 Å². The van der Waals surface area contributed by atoms with Gasteiger partial charge in [0.2, 0.25) is 0 Å². The number of nitrogens with zero attached hydrogens (tertiary/aromatic N) is 2. The highest BCUT2D eigenvalue weighted by molar-refractivity contribution is 8.03. The average molecular weight is 329 g/mol. The molecule has 7 heteroatoms. The Bertz CT molecular complexity index is 561. The van der Waals surface area contributed by atoms with E-state index in [0.29, 0.717) is 5.56 Å². The Hall–Kier alpha value is -0.630. The molecule has 0 fully saturated rings. The highest BCUT2D eigenvalue weighted by atomic mass is 32.2. The van der Waals surface area contributed by atoms with Crippen molar-refractivity contribution in [3.05, 3.63) is 35.6 Å². The molecule has 108 valence electrons. The first-order valence-corrected chi connectivity index (χ1v) is 9.12. The van der Waals surface area contributed by atoms with Crippen LogP contribution in [-0.4, -0.2) is 22.5 Å². The first-order chi connectivity index (χ1) is 9.65. The third-order valence-corrected chi connectivity index (χ3v) is 6.24. The van der Waals surface area contributed by atoms with Gasteiger partial charge in [0, 0.05) is 11.6 Å². The molecule has 0 amide bonds. The van der Waals surface area contributed by atoms with E-state index in [1.807, 2.05) is 19.2 Å². The highest BCUT2D eigenvalue weighted by Gasteiger charge is 2.24. The minimum absolute atomic E-state index is 0.126. The number of hydrogen-bond donors (Lipinski definition) is 1. The van der Waals surface area contributed by atoms with E-state index in [1.54, 1.807) is 23.9 Å². The molecule has 2 rings (SSSR count). The fourth-order valence-corrected chi connectivity index (χ4v) is 4.63. The second kappa shape index (κ2) is 7.40. The molecular formula is C13H16FN3S3. The van der Waals surface area contributed by atoms with Crippen LogP contribution in [0.2, 0.25) is 0 Å². The zero-order chi connectivity index (χ0) is 14.5. The molecule has 0 aliphatic rings. The molecule has 2 atom stereocenters. The van der Waals surface area contributed by atoms with Gasteiger partial charge in [-0.1, -0.05) is 60.0 Å². The summed E-state index contributed by atoms with van der Waals surface area (Å²) in [5.74, 6) is -0.219. The molecule has 2 unspecified atom stereocenters. The number of nitrogens with two attached hydrogens (primary N) is 1. The molecule has 3 nitrogen and oxygen atoms in total. The van der Waals surface area contributed by atoms with Crippen LogP contribution in [-0.2, 0) is 0 Å². The third kappa shape index (κ3) is 3.72. The Balaban J connectivity index is 2.26. The Morgan fingerprint density at radius 2 is 2.00 bits per heavy atom. The Kier molecular flexibility index (Phi) is 5.83. The molecule has 0 bridgehead atoms. The lowest BCUT2D eigenvalue weighted by molar-refractivity contribution is 0.572. The summed E-state index contributed by atoms with van der Waals surface area (Å²) in [5, 5.41) is 8.05. The minimum atomic E-state index is -0.219. The maximum atomic E-state index is 14.0. The van der Waals surface area contributed by atoms with Gasteiger partial charge in [0.15, 0.2) is 8.68 Å². The molecule has 2 N–H and O–H groups in total. The van der Waals surface area contributed by atoms with Gasteiger partial charge >= 0.3 is 0 Å². The summed E-state index contributed by atoms with van der Waals surface area (Å²) in [5.41, 5.74) is 6.80. The van der Waals surface area contributed by atoms with Gasteiger partial charge in [-0.3, -0.25) is 0 Å². The van der Waals surface area contributed by atoms with E-state index in [9.17, 15) is 4.39 Å². The summed E-state index contributed by atoms with van der Waals surface area (Å²) < 4.78 is 15.7. The smallest absolute Gasteiger partial charge is 0.175 e. The molecule has 1 aromatic carbocycles. The molecule has 2 aromatic rings. The first kappa shape index (κ1) is 15.8. The van der Waals surface area contributed by atoms with Gasteiger partial charge in [-0.2, -0.15) is 0 Å². The topological polar surface area (TPSA) is 51.8 Å². The zero-order valence-electron chi connectivity index (χ0n) is 11.2. The summed E-state index contributed by atoms with van der Waals surface area (Å²) in [7, 11) is 0. The van der Waals surface area contributed by atoms with Crippen molar-refractivity contribution in [1.29, 1.82) is 0 Å². The van der Waals surface area contributed by atoms with Crippen LogP contribution in [0.5, 0.6) is 0 Å². The summed E-state index contributed by atoms with van der Waals surface area (Å²) in [6, 6.07) is 6.66. The standard InChI is InChI=1S/C13H16FN3S3/c1-3-10(15)11(8-6-4-5-7-9(8)14)19-13-17-16-12(18-2)20-13/h4-7,10-11H,3,15H2,1-2H3. The van der Waals surface area contributed by atoms with E-state index in [-0.39, 0.29) is 17.1 Å². The zero-order valence-corrected chi connectivity index (χ0v) is 13.7. The Labute approximate surface area is 130 Å². The van der Waals surface area contributed by atoms with Crippen molar-refractivity contribution in [3.8, 4) is 0 Å². The summed E-state index contributed by atoms with van der Waals surface area (Å²) in [4.78, 5) is 0. The monoisotopic (exact) mass is 329 g/mol. The van der Waals surface area contributed by atoms with Crippen LogP contribution in [0.1, 0.15) is 24.2 Å². The van der Waals surface area contributed by atoms with E-state index >= 15 is 0 Å². The SMILES string of the molecule is CCC(N)C(Sc1nnc(SC)s1)c1ccccc1F. The second-order valence-electron chi connectivity index (χ2n) is 4.17. The Morgan fingerprint density at radius 3 is 2.60 bits per heavy atom. The van der Waals surface area contributed by atoms with Gasteiger partial charge < -0.3 is 5.73 Å². The first-order valence-electron chi connectivity index (χ1n) is 6.19. The lowest BCUT2D eigenvalue weighted by Crippen LogP contribution is -2.26. The lowest BCUT2D eigenvalue weighted by Gasteiger charge is -2.22. The minimum Gasteiger partial charge on any atom is -0.326 e. The molecule has 1 aromatic heterocycles. The van der Waals surface area contributed by atoms with Crippen molar-refractivity contribution in [2.24, 2.45) is 5.73 Å². The number of hydrogen-bond acceptors (Lipinski definition) is 6. The number of thioether (sulfide) groups is 2. The van der Waals surface area contributed by atoms with Gasteiger partial charge in [-0.25, -0.2) is 4.39 Å². The van der Waals surface area contributed by atoms with E-state index in [0.717, 1.165) is 15.1 Å². The predicted molar refractivity (Wildman–Crippen MR) is 85.0 cm³/mol. The number of rotatable bonds is 6. The maximum Gasteiger partial charge on any atom is 0.175 e. The van der Waals surface area contributed by atoms with Gasteiger partial charge in [-0.15, -0.1) is 10.2 Å². The van der Waals surface area contributed by atoms with Crippen molar-refractivity contribution < 1.29 is 4.39 Å². The maximum absolute atomic E-state index is 14.0. The van der Waals surface area contributed by atoms with Crippen molar-refractivity contribution >= 4 is 34.9 Å². The summed E-state index contributed by atoms with van der Waals surface area (Å²) >= 11 is 4.56. The number of benzene rings is 1. The van der Waals surface area contributed by atoms with E-state index < -0.39 is 0 Å². The van der Waals surface area contributed by atoms with Gasteiger partial charge in [0.05, 0.1) is 5.25 Å². The largest absolute Gasteiger partial charge is 0.326 e. The predicted octanol–water partition coefficient (Wildman–Crippen LogP) is 3.97. The van der Waals surface area contributed by atoms with Crippen LogP contribution in [0.25, 0.3) is 0 Å². The van der Waals surface area contributed by atoms with Crippen LogP contribution in [0, 0.1) is 5.82 Å². The van der Waals surface area contributed by atoms with Crippen molar-refractivity contribution in [1.82, 2.24) is 10.2 Å². The number of aromatic nitrogens is 2. The van der Waals surface area contributed by atoms with Gasteiger partial charge in [-0.05, 0) is 18.7 Å². The molecule has 0 saturated heterocycles. The van der Waals surface area contributed by atoms with E-state index in [1.165, 1.54) is 29.2 Å². The molecule has 0 aliphatic carbocycles. The summed E-state index contributed by atoms with van der Waals surface area (Å²) in [6.07, 6.45) is 2.74. The molecule has 0 aliphatic heterocycles. The molecule has 0 radical (unpaired) electrons. The molecule has 20 heavy (non-hydrogen) atoms. The fourth-order valence-electron chi connectivity index (χ4n) is 1.74. The van der Waals surface area contributed by atoms with Crippen LogP contribution in [0.3, 0.4) is 0 Å². The van der Waals surface area contributed by atoms with E-state index in [4.69, 9.17) is 5.73 Å². The molecule has 1 heterocycles. The second-order valence-corrected chi connectivity index (χ2v) is 7.59. The average Bonchev–Trinajstić information content (AvgIpc) is 2.92. The Morgan fingerprint density at radius 1 is 1.30 bits per heavy atom. The van der Waals surface area contributed by atoms with Crippen LogP contribution < -0.4 is 5.73 Å². The lowest BCUT2D eigenvalue weighted by atomic mass is 10.0. The molecule has 0 saturated carbocycles. The van der Waals surface area contributed by atoms with Gasteiger partial charge in [0.25, 0.3) is 0 Å². The number of halogens is 1. The van der Waals surface area contributed by atoms with Crippen molar-refractivity contribution in [3.63, 3.8) is 0 Å². The van der Waals surface area contributed by atoms with E-state index in [2.05, 4.69) is 10.2 Å². The van der Waals surface area contributed by atoms with Gasteiger partial charge in [0.1, 0.15) is 5.82 Å². The van der Waals surface area contributed by atoms with Crippen molar-refractivity contribution in [2.75, 3.05) is 6.26 Å². The van der Waals surface area contributed by atoms with Crippen molar-refractivity contribution in [2.45, 2.75) is 33.3 Å². The van der Waals surface area contributed by atoms with Crippen LogP contribution >= 0.6 is 34.9 Å². The highest BCUT2D eigenvalue weighted by Crippen LogP contribution is 2.41. The molecular weight excluding hydrogens is 313 g/mol. The fraction of sp³-hybridized carbons (Fsp3) is 0.385. The summed E-state index contributed by atoms with van der Waals surface area (Å²) in [6.45, 7) is 2.01.